The van der Waals surface area contributed by atoms with Crippen LogP contribution >= 0.6 is 0 Å². The quantitative estimate of drug-likeness (QED) is 0.720. The average molecular weight is 405 g/mol. The molecule has 1 aliphatic carbocycles. The van der Waals surface area contributed by atoms with Gasteiger partial charge in [0.1, 0.15) is 0 Å². The molecule has 2 aliphatic rings. The summed E-state index contributed by atoms with van der Waals surface area (Å²) in [5, 5.41) is 3.12. The molecule has 1 fully saturated rings. The molecule has 2 heterocycles. The highest BCUT2D eigenvalue weighted by Crippen LogP contribution is 2.40. The largest absolute Gasteiger partial charge is 0.481 e. The second-order valence-electron chi connectivity index (χ2n) is 7.27. The van der Waals surface area contributed by atoms with Gasteiger partial charge in [0.25, 0.3) is 0 Å². The van der Waals surface area contributed by atoms with Crippen LogP contribution < -0.4 is 10.1 Å². The fourth-order valence-corrected chi connectivity index (χ4v) is 3.30. The zero-order valence-corrected chi connectivity index (χ0v) is 16.1. The fraction of sp³-hybridized carbons (Fsp3) is 0.429. The summed E-state index contributed by atoms with van der Waals surface area (Å²) in [5.74, 6) is 1.14. The SMILES string of the molecule is Cc1nc(C2CC2)cnc1Nc1cccc(C2=CCOCC2)c1OCC(F)(F)F. The highest BCUT2D eigenvalue weighted by molar-refractivity contribution is 5.79. The van der Waals surface area contributed by atoms with Crippen molar-refractivity contribution in [3.05, 3.63) is 47.4 Å². The lowest BCUT2D eigenvalue weighted by Gasteiger charge is -2.21. The molecule has 5 nitrogen and oxygen atoms in total. The first-order chi connectivity index (χ1) is 13.9. The van der Waals surface area contributed by atoms with Crippen LogP contribution in [0.15, 0.2) is 30.5 Å². The Balaban J connectivity index is 1.67. The lowest BCUT2D eigenvalue weighted by molar-refractivity contribution is -0.153. The number of nitrogens with one attached hydrogen (secondary N) is 1. The lowest BCUT2D eigenvalue weighted by Crippen LogP contribution is -2.20. The van der Waals surface area contributed by atoms with E-state index in [0.29, 0.717) is 48.3 Å². The van der Waals surface area contributed by atoms with Crippen LogP contribution in [-0.2, 0) is 4.74 Å². The maximum absolute atomic E-state index is 12.9. The number of ether oxygens (including phenoxy) is 2. The van der Waals surface area contributed by atoms with E-state index in [1.807, 2.05) is 13.0 Å². The molecule has 154 valence electrons. The van der Waals surface area contributed by atoms with E-state index in [4.69, 9.17) is 9.47 Å². The number of alkyl halides is 3. The fourth-order valence-electron chi connectivity index (χ4n) is 3.30. The summed E-state index contributed by atoms with van der Waals surface area (Å²) in [4.78, 5) is 9.03. The molecular weight excluding hydrogens is 383 g/mol. The summed E-state index contributed by atoms with van der Waals surface area (Å²) < 4.78 is 49.2. The maximum atomic E-state index is 12.9. The van der Waals surface area contributed by atoms with Crippen molar-refractivity contribution in [2.45, 2.75) is 38.3 Å². The lowest BCUT2D eigenvalue weighted by atomic mass is 9.99. The van der Waals surface area contributed by atoms with Crippen LogP contribution in [0, 0.1) is 6.92 Å². The van der Waals surface area contributed by atoms with E-state index >= 15 is 0 Å². The van der Waals surface area contributed by atoms with Crippen molar-refractivity contribution in [1.82, 2.24) is 9.97 Å². The number of benzene rings is 1. The molecule has 0 unspecified atom stereocenters. The molecule has 1 saturated carbocycles. The molecule has 2 aromatic rings. The summed E-state index contributed by atoms with van der Waals surface area (Å²) in [6.45, 7) is 1.42. The summed E-state index contributed by atoms with van der Waals surface area (Å²) in [6, 6.07) is 5.24. The number of para-hydroxylation sites is 1. The molecule has 0 bridgehead atoms. The van der Waals surface area contributed by atoms with Gasteiger partial charge >= 0.3 is 6.18 Å². The number of aromatic nitrogens is 2. The second-order valence-corrected chi connectivity index (χ2v) is 7.27. The smallest absolute Gasteiger partial charge is 0.422 e. The van der Waals surface area contributed by atoms with Gasteiger partial charge in [0, 0.05) is 11.5 Å². The van der Waals surface area contributed by atoms with Crippen LogP contribution in [0.25, 0.3) is 5.57 Å². The molecule has 0 spiro atoms. The first-order valence-electron chi connectivity index (χ1n) is 9.61. The van der Waals surface area contributed by atoms with Crippen LogP contribution in [-0.4, -0.2) is 36.0 Å². The average Bonchev–Trinajstić information content (AvgIpc) is 3.53. The minimum absolute atomic E-state index is 0.158. The number of rotatable bonds is 6. The van der Waals surface area contributed by atoms with Gasteiger partial charge in [-0.3, -0.25) is 4.98 Å². The van der Waals surface area contributed by atoms with Crippen molar-refractivity contribution >= 4 is 17.1 Å². The minimum Gasteiger partial charge on any atom is -0.481 e. The first kappa shape index (κ1) is 19.7. The first-order valence-corrected chi connectivity index (χ1v) is 9.61. The summed E-state index contributed by atoms with van der Waals surface area (Å²) in [5.41, 5.74) is 3.62. The summed E-state index contributed by atoms with van der Waals surface area (Å²) >= 11 is 0. The van der Waals surface area contributed by atoms with Gasteiger partial charge in [0.2, 0.25) is 0 Å². The minimum atomic E-state index is -4.43. The molecule has 1 aromatic heterocycles. The van der Waals surface area contributed by atoms with Gasteiger partial charge in [0.15, 0.2) is 18.2 Å². The monoisotopic (exact) mass is 405 g/mol. The number of hydrogen-bond donors (Lipinski definition) is 1. The van der Waals surface area contributed by atoms with E-state index in [1.165, 1.54) is 0 Å². The van der Waals surface area contributed by atoms with Gasteiger partial charge in [-0.05, 0) is 37.8 Å². The van der Waals surface area contributed by atoms with Gasteiger partial charge in [0.05, 0.1) is 36.5 Å². The third kappa shape index (κ3) is 4.87. The molecule has 1 aliphatic heterocycles. The molecule has 8 heteroatoms. The van der Waals surface area contributed by atoms with Crippen molar-refractivity contribution in [3.63, 3.8) is 0 Å². The molecule has 0 saturated heterocycles. The summed E-state index contributed by atoms with van der Waals surface area (Å²) in [6.07, 6.45) is 2.03. The Hall–Kier alpha value is -2.61. The van der Waals surface area contributed by atoms with E-state index < -0.39 is 12.8 Å². The Labute approximate surface area is 167 Å². The van der Waals surface area contributed by atoms with E-state index in [-0.39, 0.29) is 5.75 Å². The van der Waals surface area contributed by atoms with E-state index in [1.54, 1.807) is 24.4 Å². The van der Waals surface area contributed by atoms with Crippen molar-refractivity contribution in [2.75, 3.05) is 25.1 Å². The molecule has 0 amide bonds. The summed E-state index contributed by atoms with van der Waals surface area (Å²) in [7, 11) is 0. The van der Waals surface area contributed by atoms with Gasteiger partial charge in [-0.25, -0.2) is 4.98 Å². The van der Waals surface area contributed by atoms with Crippen LogP contribution in [0.3, 0.4) is 0 Å². The number of hydrogen-bond acceptors (Lipinski definition) is 5. The molecule has 1 aromatic carbocycles. The van der Waals surface area contributed by atoms with E-state index in [9.17, 15) is 13.2 Å². The third-order valence-corrected chi connectivity index (χ3v) is 4.92. The van der Waals surface area contributed by atoms with Gasteiger partial charge in [-0.15, -0.1) is 0 Å². The zero-order valence-electron chi connectivity index (χ0n) is 16.1. The topological polar surface area (TPSA) is 56.3 Å². The number of halogens is 3. The van der Waals surface area contributed by atoms with Gasteiger partial charge in [-0.1, -0.05) is 18.2 Å². The number of anilines is 2. The van der Waals surface area contributed by atoms with Crippen molar-refractivity contribution in [1.29, 1.82) is 0 Å². The third-order valence-electron chi connectivity index (χ3n) is 4.92. The normalized spacial score (nSPS) is 17.0. The predicted molar refractivity (Wildman–Crippen MR) is 103 cm³/mol. The van der Waals surface area contributed by atoms with Crippen LogP contribution in [0.4, 0.5) is 24.7 Å². The number of aryl methyl sites for hydroxylation is 1. The predicted octanol–water partition coefficient (Wildman–Crippen LogP) is 5.15. The maximum Gasteiger partial charge on any atom is 0.422 e. The standard InChI is InChI=1S/C21H22F3N3O2/c1-13-20(25-11-18(26-13)15-5-6-15)27-17-4-2-3-16(14-7-9-28-10-8-14)19(17)29-12-21(22,23)24/h2-4,7,11,15H,5-6,8-10,12H2,1H3,(H,25,27). The molecule has 1 N–H and O–H groups in total. The highest BCUT2D eigenvalue weighted by atomic mass is 19.4. The molecule has 0 atom stereocenters. The molecule has 29 heavy (non-hydrogen) atoms. The molecule has 4 rings (SSSR count). The van der Waals surface area contributed by atoms with Gasteiger partial charge < -0.3 is 14.8 Å². The Morgan fingerprint density at radius 1 is 1.28 bits per heavy atom. The Kier molecular flexibility index (Phi) is 5.45. The Morgan fingerprint density at radius 3 is 2.76 bits per heavy atom. The van der Waals surface area contributed by atoms with Gasteiger partial charge in [-0.2, -0.15) is 13.2 Å². The second kappa shape index (κ2) is 8.02. The van der Waals surface area contributed by atoms with Crippen LogP contribution in [0.5, 0.6) is 5.75 Å². The van der Waals surface area contributed by atoms with E-state index in [0.717, 1.165) is 24.1 Å². The molecule has 0 radical (unpaired) electrons. The van der Waals surface area contributed by atoms with Crippen LogP contribution in [0.2, 0.25) is 0 Å². The van der Waals surface area contributed by atoms with E-state index in [2.05, 4.69) is 15.3 Å². The Morgan fingerprint density at radius 2 is 2.10 bits per heavy atom. The number of nitrogens with zero attached hydrogens (tertiary/aromatic N) is 2. The zero-order chi connectivity index (χ0) is 20.4. The van der Waals surface area contributed by atoms with Crippen molar-refractivity contribution in [2.24, 2.45) is 0 Å². The van der Waals surface area contributed by atoms with Crippen molar-refractivity contribution < 1.29 is 22.6 Å². The van der Waals surface area contributed by atoms with Crippen LogP contribution in [0.1, 0.15) is 42.1 Å². The van der Waals surface area contributed by atoms with Crippen molar-refractivity contribution in [3.8, 4) is 5.75 Å². The Bertz CT molecular complexity index is 924. The highest BCUT2D eigenvalue weighted by Gasteiger charge is 2.30. The molecular formula is C21H22F3N3O2.